The number of rotatable bonds is 11. The van der Waals surface area contributed by atoms with Gasteiger partial charge in [-0.05, 0) is 83.5 Å². The van der Waals surface area contributed by atoms with Crippen LogP contribution in [-0.4, -0.2) is 52.0 Å². The Bertz CT molecular complexity index is 1930. The summed E-state index contributed by atoms with van der Waals surface area (Å²) in [6, 6.07) is 9.77. The number of anilines is 2. The van der Waals surface area contributed by atoms with E-state index in [0.717, 1.165) is 35.9 Å². The maximum Gasteiger partial charge on any atom is 0.416 e. The molecular weight excluding hydrogens is 654 g/mol. The molecule has 3 heterocycles. The third-order valence-electron chi connectivity index (χ3n) is 8.45. The topological polar surface area (TPSA) is 121 Å². The minimum atomic E-state index is -4.78. The molecule has 0 bridgehead atoms. The number of nitriles is 1. The zero-order valence-electron chi connectivity index (χ0n) is 26.3. The Balaban J connectivity index is 1.48. The third-order valence-corrected chi connectivity index (χ3v) is 8.45. The normalized spacial score (nSPS) is 15.3. The number of nitrogens with one attached hydrogen (secondary N) is 2. The van der Waals surface area contributed by atoms with Gasteiger partial charge in [0.15, 0.2) is 5.82 Å². The number of pyridine rings is 1. The first kappa shape index (κ1) is 33.9. The second kappa shape index (κ2) is 13.1. The Morgan fingerprint density at radius 1 is 1.04 bits per heavy atom. The number of aromatic nitrogens is 4. The van der Waals surface area contributed by atoms with Crippen LogP contribution in [0.1, 0.15) is 45.5 Å². The lowest BCUT2D eigenvalue weighted by atomic mass is 9.96. The summed E-state index contributed by atoms with van der Waals surface area (Å²) in [6.45, 7) is 0.267. The van der Waals surface area contributed by atoms with Crippen LogP contribution in [-0.2, 0) is 37.2 Å². The van der Waals surface area contributed by atoms with Crippen LogP contribution < -0.4 is 15.5 Å². The summed E-state index contributed by atoms with van der Waals surface area (Å²) in [5, 5.41) is 23.7. The zero-order valence-corrected chi connectivity index (χ0v) is 26.3. The van der Waals surface area contributed by atoms with Gasteiger partial charge in [0.05, 0.1) is 30.3 Å². The number of hydrogen-bond acceptors (Lipinski definition) is 8. The Morgan fingerprint density at radius 3 is 2.45 bits per heavy atom. The number of hydrogen-bond donors (Lipinski definition) is 2. The molecule has 1 amide bonds. The van der Waals surface area contributed by atoms with Crippen molar-refractivity contribution < 1.29 is 35.9 Å². The van der Waals surface area contributed by atoms with Gasteiger partial charge in [-0.15, -0.1) is 10.2 Å². The number of methoxy groups -OCH3 is 1. The van der Waals surface area contributed by atoms with Crippen LogP contribution in [0.4, 0.5) is 38.0 Å². The number of amides is 1. The number of carbonyl (C=O) groups is 1. The average molecular weight is 685 g/mol. The van der Waals surface area contributed by atoms with Crippen LogP contribution in [0, 0.1) is 17.2 Å². The number of ether oxygens (including phenoxy) is 1. The van der Waals surface area contributed by atoms with E-state index in [9.17, 15) is 36.4 Å². The Kier molecular flexibility index (Phi) is 9.07. The van der Waals surface area contributed by atoms with Crippen molar-refractivity contribution in [2.45, 2.75) is 44.3 Å². The highest BCUT2D eigenvalue weighted by Gasteiger charge is 2.41. The van der Waals surface area contributed by atoms with Crippen molar-refractivity contribution in [3.05, 3.63) is 76.6 Å². The molecule has 1 atom stereocenters. The van der Waals surface area contributed by atoms with Gasteiger partial charge in [-0.25, -0.2) is 4.98 Å². The first-order chi connectivity index (χ1) is 23.3. The fourth-order valence-electron chi connectivity index (χ4n) is 5.82. The molecule has 49 heavy (non-hydrogen) atoms. The minimum Gasteiger partial charge on any atom is -0.383 e. The lowest BCUT2D eigenvalue weighted by Crippen LogP contribution is -2.26. The summed E-state index contributed by atoms with van der Waals surface area (Å²) in [5.74, 6) is -0.537. The summed E-state index contributed by atoms with van der Waals surface area (Å²) < 4.78 is 91.5. The van der Waals surface area contributed by atoms with Crippen molar-refractivity contribution in [2.24, 2.45) is 13.0 Å². The summed E-state index contributed by atoms with van der Waals surface area (Å²) in [5.41, 5.74) is -1.61. The number of halogens is 6. The van der Waals surface area contributed by atoms with Gasteiger partial charge in [0.1, 0.15) is 24.0 Å². The number of fused-ring (bicyclic) bond motifs is 1. The Labute approximate surface area is 276 Å². The third kappa shape index (κ3) is 7.08. The largest absolute Gasteiger partial charge is 0.416 e. The van der Waals surface area contributed by atoms with Crippen molar-refractivity contribution in [3.8, 4) is 28.6 Å². The van der Waals surface area contributed by atoms with E-state index in [4.69, 9.17) is 4.74 Å². The summed E-state index contributed by atoms with van der Waals surface area (Å²) >= 11 is 0. The van der Waals surface area contributed by atoms with Gasteiger partial charge in [0.25, 0.3) is 5.91 Å². The van der Waals surface area contributed by atoms with E-state index in [0.29, 0.717) is 13.2 Å². The maximum absolute atomic E-state index is 14.4. The molecule has 2 aromatic carbocycles. The van der Waals surface area contributed by atoms with Crippen LogP contribution in [0.25, 0.3) is 22.5 Å². The average Bonchev–Trinajstić information content (AvgIpc) is 3.73. The SMILES string of the molecule is COCCNCc1cc2c(c(C(F)(F)F)c1)CN(c1cc(-c3cc(C(F)(F)F)ccc3-c3nncn3C)cc(NC(C#N)C3CC3)n1)C2=O. The van der Waals surface area contributed by atoms with Crippen molar-refractivity contribution in [3.63, 3.8) is 0 Å². The molecule has 10 nitrogen and oxygen atoms in total. The van der Waals surface area contributed by atoms with Gasteiger partial charge in [-0.3, -0.25) is 9.69 Å². The summed E-state index contributed by atoms with van der Waals surface area (Å²) in [7, 11) is 3.11. The first-order valence-corrected chi connectivity index (χ1v) is 15.3. The molecule has 1 aliphatic carbocycles. The number of carbonyl (C=O) groups excluding carboxylic acids is 1. The number of aryl methyl sites for hydroxylation is 1. The molecule has 1 unspecified atom stereocenters. The predicted molar refractivity (Wildman–Crippen MR) is 166 cm³/mol. The van der Waals surface area contributed by atoms with E-state index in [2.05, 4.69) is 31.9 Å². The van der Waals surface area contributed by atoms with Crippen molar-refractivity contribution in [2.75, 3.05) is 30.5 Å². The summed E-state index contributed by atoms with van der Waals surface area (Å²) in [6.07, 6.45) is -6.54. The highest BCUT2D eigenvalue weighted by molar-refractivity contribution is 6.10. The van der Waals surface area contributed by atoms with E-state index in [1.165, 1.54) is 42.3 Å². The zero-order chi connectivity index (χ0) is 35.1. The molecule has 0 radical (unpaired) electrons. The highest BCUT2D eigenvalue weighted by atomic mass is 19.4. The quantitative estimate of drug-likeness (QED) is 0.142. The molecule has 256 valence electrons. The lowest BCUT2D eigenvalue weighted by Gasteiger charge is -2.21. The molecule has 6 rings (SSSR count). The lowest BCUT2D eigenvalue weighted by molar-refractivity contribution is -0.138. The second-order valence-electron chi connectivity index (χ2n) is 11.9. The van der Waals surface area contributed by atoms with E-state index in [-0.39, 0.29) is 63.3 Å². The molecule has 0 spiro atoms. The van der Waals surface area contributed by atoms with E-state index in [1.54, 1.807) is 7.05 Å². The van der Waals surface area contributed by atoms with Crippen molar-refractivity contribution in [1.29, 1.82) is 5.26 Å². The van der Waals surface area contributed by atoms with Gasteiger partial charge in [0, 0.05) is 38.4 Å². The Morgan fingerprint density at radius 2 is 1.82 bits per heavy atom. The second-order valence-corrected chi connectivity index (χ2v) is 11.9. The molecule has 0 saturated heterocycles. The van der Waals surface area contributed by atoms with Gasteiger partial charge < -0.3 is 19.9 Å². The predicted octanol–water partition coefficient (Wildman–Crippen LogP) is 6.19. The molecule has 4 aromatic rings. The van der Waals surface area contributed by atoms with Gasteiger partial charge >= 0.3 is 12.4 Å². The highest BCUT2D eigenvalue weighted by Crippen LogP contribution is 2.43. The molecule has 1 saturated carbocycles. The van der Waals surface area contributed by atoms with Crippen LogP contribution in [0.3, 0.4) is 0 Å². The molecule has 1 aliphatic heterocycles. The molecule has 2 aromatic heterocycles. The van der Waals surface area contributed by atoms with Crippen LogP contribution in [0.5, 0.6) is 0 Å². The van der Waals surface area contributed by atoms with Gasteiger partial charge in [0.2, 0.25) is 0 Å². The van der Waals surface area contributed by atoms with E-state index >= 15 is 0 Å². The first-order valence-electron chi connectivity index (χ1n) is 15.3. The number of alkyl halides is 6. The fraction of sp³-hybridized carbons (Fsp3) is 0.364. The van der Waals surface area contributed by atoms with Gasteiger partial charge in [-0.1, -0.05) is 0 Å². The molecule has 2 aliphatic rings. The number of nitrogens with zero attached hydrogens (tertiary/aromatic N) is 6. The van der Waals surface area contributed by atoms with E-state index in [1.807, 2.05) is 0 Å². The van der Waals surface area contributed by atoms with Crippen LogP contribution in [0.2, 0.25) is 0 Å². The van der Waals surface area contributed by atoms with Crippen molar-refractivity contribution in [1.82, 2.24) is 25.1 Å². The molecule has 1 fully saturated rings. The van der Waals surface area contributed by atoms with Crippen LogP contribution in [0.15, 0.2) is 48.8 Å². The number of benzene rings is 2. The van der Waals surface area contributed by atoms with E-state index < -0.39 is 42.0 Å². The maximum atomic E-state index is 14.4. The summed E-state index contributed by atoms with van der Waals surface area (Å²) in [4.78, 5) is 19.5. The fourth-order valence-corrected chi connectivity index (χ4v) is 5.82. The molecular formula is C33H30F6N8O2. The monoisotopic (exact) mass is 684 g/mol. The van der Waals surface area contributed by atoms with Gasteiger partial charge in [-0.2, -0.15) is 31.6 Å². The molecule has 16 heteroatoms. The van der Waals surface area contributed by atoms with Crippen LogP contribution >= 0.6 is 0 Å². The standard InChI is InChI=1S/C33H30F6N8O2/c1-46-17-42-45-30(46)22-6-5-21(32(34,35)36)13-23(22)20-11-28(43-27(14-40)19-3-4-19)44-29(12-20)47-16-25-24(31(47)48)9-18(15-41-7-8-49-2)10-26(25)33(37,38)39/h5-6,9-13,17,19,27,41H,3-4,7-8,15-16H2,1-2H3,(H,43,44). The smallest absolute Gasteiger partial charge is 0.383 e. The Hall–Kier alpha value is -5.01. The van der Waals surface area contributed by atoms with Crippen molar-refractivity contribution >= 4 is 17.5 Å². The minimum absolute atomic E-state index is 0.0182. The molecule has 2 N–H and O–H groups in total.